The van der Waals surface area contributed by atoms with E-state index in [1.165, 1.54) is 16.7 Å². The van der Waals surface area contributed by atoms with Crippen molar-refractivity contribution in [2.24, 2.45) is 0 Å². The van der Waals surface area contributed by atoms with Crippen LogP contribution < -0.4 is 16.0 Å². The average molecular weight is 647 g/mol. The maximum atomic E-state index is 14.3. The van der Waals surface area contributed by atoms with Gasteiger partial charge in [0.1, 0.15) is 21.4 Å². The predicted molar refractivity (Wildman–Crippen MR) is 157 cm³/mol. The van der Waals surface area contributed by atoms with Crippen molar-refractivity contribution in [3.8, 4) is 0 Å². The number of aromatic amines is 1. The number of halogens is 2. The number of imidazole rings is 1. The summed E-state index contributed by atoms with van der Waals surface area (Å²) >= 11 is 4.39. The molecule has 9 nitrogen and oxygen atoms in total. The fourth-order valence-electron chi connectivity index (χ4n) is 4.28. The Morgan fingerprint density at radius 3 is 2.48 bits per heavy atom. The van der Waals surface area contributed by atoms with Crippen molar-refractivity contribution in [2.45, 2.75) is 43.5 Å². The van der Waals surface area contributed by atoms with Gasteiger partial charge in [-0.2, -0.15) is 0 Å². The van der Waals surface area contributed by atoms with Gasteiger partial charge in [-0.25, -0.2) is 22.6 Å². The normalized spacial score (nSPS) is 11.8. The van der Waals surface area contributed by atoms with Gasteiger partial charge in [0.25, 0.3) is 15.6 Å². The number of unbranched alkanes of at least 4 members (excludes halogenated alkanes) is 1. The molecular formula is C27H25BrFN5O4S2. The molecule has 0 atom stereocenters. The maximum Gasteiger partial charge on any atom is 0.333 e. The second-order valence-electron chi connectivity index (χ2n) is 9.19. The van der Waals surface area contributed by atoms with E-state index in [1.807, 2.05) is 6.92 Å². The van der Waals surface area contributed by atoms with Crippen molar-refractivity contribution in [1.82, 2.24) is 19.1 Å². The number of H-pyrrole nitrogens is 1. The summed E-state index contributed by atoms with van der Waals surface area (Å²) in [4.78, 5) is 34.3. The molecule has 3 aromatic heterocycles. The molecule has 0 unspecified atom stereocenters. The topological polar surface area (TPSA) is 119 Å². The summed E-state index contributed by atoms with van der Waals surface area (Å²) < 4.78 is 45.5. The first kappa shape index (κ1) is 28.0. The lowest BCUT2D eigenvalue weighted by molar-refractivity contribution is 0.553. The largest absolute Gasteiger partial charge is 0.336 e. The van der Waals surface area contributed by atoms with Gasteiger partial charge in [-0.05, 0) is 58.2 Å². The molecule has 0 radical (unpaired) electrons. The minimum Gasteiger partial charge on any atom is -0.336 e. The van der Waals surface area contributed by atoms with Crippen LogP contribution >= 0.6 is 27.3 Å². The summed E-state index contributed by atoms with van der Waals surface area (Å²) in [5.74, 6) is -0.0227. The molecule has 0 spiro atoms. The first-order chi connectivity index (χ1) is 19.2. The van der Waals surface area contributed by atoms with Crippen molar-refractivity contribution in [3.05, 3.63) is 108 Å². The summed E-state index contributed by atoms with van der Waals surface area (Å²) in [6.45, 7) is 2.17. The Hall–Kier alpha value is -3.55. The molecule has 0 amide bonds. The number of thiophene rings is 1. The van der Waals surface area contributed by atoms with Crippen LogP contribution in [-0.2, 0) is 29.5 Å². The molecule has 0 aliphatic rings. The van der Waals surface area contributed by atoms with Gasteiger partial charge in [-0.3, -0.25) is 18.7 Å². The third-order valence-corrected chi connectivity index (χ3v) is 9.82. The van der Waals surface area contributed by atoms with E-state index in [-0.39, 0.29) is 27.5 Å². The number of hydrogen-bond donors (Lipinski definition) is 2. The molecule has 0 bridgehead atoms. The zero-order valence-electron chi connectivity index (χ0n) is 21.4. The fraction of sp³-hybridized carbons (Fsp3) is 0.222. The van der Waals surface area contributed by atoms with Gasteiger partial charge in [0.2, 0.25) is 0 Å². The number of benzene rings is 2. The van der Waals surface area contributed by atoms with Crippen LogP contribution in [0, 0.1) is 5.82 Å². The zero-order valence-corrected chi connectivity index (χ0v) is 24.6. The van der Waals surface area contributed by atoms with E-state index in [2.05, 4.69) is 30.6 Å². The molecule has 5 aromatic rings. The number of aryl methyl sites for hydroxylation is 1. The number of anilines is 1. The highest BCUT2D eigenvalue weighted by Crippen LogP contribution is 2.27. The van der Waals surface area contributed by atoms with Gasteiger partial charge < -0.3 is 4.98 Å². The number of sulfonamides is 1. The van der Waals surface area contributed by atoms with E-state index in [9.17, 15) is 22.4 Å². The molecule has 0 saturated carbocycles. The molecule has 0 aliphatic carbocycles. The lowest BCUT2D eigenvalue weighted by Crippen LogP contribution is -2.40. The summed E-state index contributed by atoms with van der Waals surface area (Å²) in [7, 11) is -3.71. The first-order valence-electron chi connectivity index (χ1n) is 12.5. The Morgan fingerprint density at radius 2 is 1.80 bits per heavy atom. The van der Waals surface area contributed by atoms with E-state index in [4.69, 9.17) is 0 Å². The SMILES string of the molecule is CCCCn1c(=O)n(Cc2ccccc2F)c(=O)c2[nH]c(Cc3ccc(NS(=O)(=O)c4ccc(Br)s4)cc3)nc21. The minimum absolute atomic E-state index is 0.175. The maximum absolute atomic E-state index is 14.3. The summed E-state index contributed by atoms with van der Waals surface area (Å²) in [5.41, 5.74) is 0.784. The number of aromatic nitrogens is 4. The lowest BCUT2D eigenvalue weighted by atomic mass is 10.1. The van der Waals surface area contributed by atoms with E-state index < -0.39 is 27.1 Å². The van der Waals surface area contributed by atoms with Crippen molar-refractivity contribution in [2.75, 3.05) is 4.72 Å². The highest BCUT2D eigenvalue weighted by atomic mass is 79.9. The molecule has 40 heavy (non-hydrogen) atoms. The Balaban J connectivity index is 1.44. The smallest absolute Gasteiger partial charge is 0.333 e. The predicted octanol–water partition coefficient (Wildman–Crippen LogP) is 5.09. The summed E-state index contributed by atoms with van der Waals surface area (Å²) in [5, 5.41) is 0. The van der Waals surface area contributed by atoms with E-state index in [0.29, 0.717) is 34.7 Å². The van der Waals surface area contributed by atoms with Gasteiger partial charge in [0, 0.05) is 24.2 Å². The van der Waals surface area contributed by atoms with Crippen molar-refractivity contribution < 1.29 is 12.8 Å². The highest BCUT2D eigenvalue weighted by Gasteiger charge is 2.19. The van der Waals surface area contributed by atoms with Gasteiger partial charge in [0.05, 0.1) is 10.3 Å². The molecular weight excluding hydrogens is 621 g/mol. The van der Waals surface area contributed by atoms with E-state index in [0.717, 1.165) is 27.9 Å². The van der Waals surface area contributed by atoms with Crippen LogP contribution in [0.25, 0.3) is 11.2 Å². The van der Waals surface area contributed by atoms with Crippen LogP contribution in [0.5, 0.6) is 0 Å². The van der Waals surface area contributed by atoms with Gasteiger partial charge in [-0.1, -0.05) is 43.7 Å². The molecule has 208 valence electrons. The zero-order chi connectivity index (χ0) is 28.4. The fourth-order valence-corrected chi connectivity index (χ4v) is 7.35. The molecule has 2 aromatic carbocycles. The molecule has 0 saturated heterocycles. The van der Waals surface area contributed by atoms with Gasteiger partial charge in [0.15, 0.2) is 5.65 Å². The molecule has 2 N–H and O–H groups in total. The minimum atomic E-state index is -3.71. The molecule has 0 aliphatic heterocycles. The summed E-state index contributed by atoms with van der Waals surface area (Å²) in [6, 6.07) is 16.1. The number of rotatable bonds is 10. The Kier molecular flexibility index (Phi) is 8.06. The van der Waals surface area contributed by atoms with Crippen LogP contribution in [0.2, 0.25) is 0 Å². The molecule has 5 rings (SSSR count). The van der Waals surface area contributed by atoms with Crippen LogP contribution in [0.1, 0.15) is 36.7 Å². The number of hydrogen-bond acceptors (Lipinski definition) is 6. The van der Waals surface area contributed by atoms with Crippen LogP contribution in [0.4, 0.5) is 10.1 Å². The Labute approximate surface area is 241 Å². The third-order valence-electron chi connectivity index (χ3n) is 6.32. The summed E-state index contributed by atoms with van der Waals surface area (Å²) in [6.07, 6.45) is 1.85. The van der Waals surface area contributed by atoms with Crippen LogP contribution in [0.3, 0.4) is 0 Å². The second kappa shape index (κ2) is 11.5. The lowest BCUT2D eigenvalue weighted by Gasteiger charge is -2.11. The highest BCUT2D eigenvalue weighted by molar-refractivity contribution is 9.11. The first-order valence-corrected chi connectivity index (χ1v) is 15.6. The van der Waals surface area contributed by atoms with Gasteiger partial charge >= 0.3 is 5.69 Å². The van der Waals surface area contributed by atoms with Crippen LogP contribution in [0.15, 0.2) is 78.2 Å². The van der Waals surface area contributed by atoms with Crippen molar-refractivity contribution >= 4 is 54.1 Å². The second-order valence-corrected chi connectivity index (χ2v) is 13.6. The van der Waals surface area contributed by atoms with E-state index in [1.54, 1.807) is 48.5 Å². The number of nitrogens with zero attached hydrogens (tertiary/aromatic N) is 3. The van der Waals surface area contributed by atoms with Crippen LogP contribution in [-0.4, -0.2) is 27.5 Å². The van der Waals surface area contributed by atoms with E-state index >= 15 is 0 Å². The Morgan fingerprint density at radius 1 is 1.05 bits per heavy atom. The number of fused-ring (bicyclic) bond motifs is 1. The quantitative estimate of drug-likeness (QED) is 0.219. The van der Waals surface area contributed by atoms with Gasteiger partial charge in [-0.15, -0.1) is 11.3 Å². The van der Waals surface area contributed by atoms with Crippen molar-refractivity contribution in [1.29, 1.82) is 0 Å². The molecule has 13 heteroatoms. The Bertz CT molecular complexity index is 1910. The monoisotopic (exact) mass is 645 g/mol. The van der Waals surface area contributed by atoms with Crippen molar-refractivity contribution in [3.63, 3.8) is 0 Å². The molecule has 0 fully saturated rings. The molecule has 3 heterocycles. The average Bonchev–Trinajstić information content (AvgIpc) is 3.56. The number of nitrogens with one attached hydrogen (secondary N) is 2. The standard InChI is InChI=1S/C27H25BrFN5O4S2/c1-2-3-14-33-25-24(26(35)34(27(33)36)16-18-6-4-5-7-20(18)29)30-22(31-25)15-17-8-10-19(11-9-17)32-40(37,38)23-13-12-21(28)39-23/h4-13,32H,2-3,14-16H2,1H3,(H,30,31). The third kappa shape index (κ3) is 5.81.